The van der Waals surface area contributed by atoms with E-state index in [1.165, 1.54) is 30.4 Å². The molecule has 2 rings (SSSR count). The average Bonchev–Trinajstić information content (AvgIpc) is 3.29. The number of nitrogens with zero attached hydrogens (tertiary/aromatic N) is 1. The van der Waals surface area contributed by atoms with Crippen LogP contribution in [0.5, 0.6) is 0 Å². The lowest BCUT2D eigenvalue weighted by atomic mass is 10.0. The van der Waals surface area contributed by atoms with E-state index in [0.717, 1.165) is 38.6 Å². The summed E-state index contributed by atoms with van der Waals surface area (Å²) in [6.07, 6.45) is 7.07. The third kappa shape index (κ3) is 4.77. The third-order valence-corrected chi connectivity index (χ3v) is 3.92. The number of hydrogen-bond acceptors (Lipinski definition) is 2. The second kappa shape index (κ2) is 8.23. The Hall–Kier alpha value is -1.12. The molecular weight excluding hydrogens is 244 g/mol. The highest BCUT2D eigenvalue weighted by atomic mass is 15.2. The van der Waals surface area contributed by atoms with E-state index in [4.69, 9.17) is 0 Å². The van der Waals surface area contributed by atoms with E-state index in [0.29, 0.717) is 0 Å². The normalized spacial score (nSPS) is 14.7. The van der Waals surface area contributed by atoms with Crippen LogP contribution in [0.4, 0.5) is 0 Å². The van der Waals surface area contributed by atoms with Crippen LogP contribution in [0.25, 0.3) is 0 Å². The second-order valence-electron chi connectivity index (χ2n) is 5.72. The van der Waals surface area contributed by atoms with Crippen LogP contribution in [0, 0.1) is 0 Å². The molecule has 1 saturated carbocycles. The molecule has 1 aromatic rings. The summed E-state index contributed by atoms with van der Waals surface area (Å²) in [5.41, 5.74) is 2.98. The Kier molecular flexibility index (Phi) is 6.28. The minimum Gasteiger partial charge on any atom is -0.316 e. The fourth-order valence-corrected chi connectivity index (χ4v) is 2.65. The quantitative estimate of drug-likeness (QED) is 0.519. The van der Waals surface area contributed by atoms with Gasteiger partial charge in [0.05, 0.1) is 0 Å². The molecule has 0 radical (unpaired) electrons. The Morgan fingerprint density at radius 1 is 1.25 bits per heavy atom. The topological polar surface area (TPSA) is 15.3 Å². The first-order valence-corrected chi connectivity index (χ1v) is 7.97. The van der Waals surface area contributed by atoms with Gasteiger partial charge in [0.25, 0.3) is 0 Å². The van der Waals surface area contributed by atoms with Crippen molar-refractivity contribution in [2.75, 3.05) is 19.6 Å². The van der Waals surface area contributed by atoms with Crippen molar-refractivity contribution >= 4 is 0 Å². The van der Waals surface area contributed by atoms with E-state index < -0.39 is 0 Å². The molecule has 0 heterocycles. The molecule has 0 atom stereocenters. The molecule has 2 heteroatoms. The summed E-state index contributed by atoms with van der Waals surface area (Å²) in [6, 6.07) is 9.68. The molecule has 1 N–H and O–H groups in total. The molecule has 0 aromatic heterocycles. The summed E-state index contributed by atoms with van der Waals surface area (Å²) >= 11 is 0. The van der Waals surface area contributed by atoms with Gasteiger partial charge in [0, 0.05) is 19.1 Å². The molecule has 0 bridgehead atoms. The van der Waals surface area contributed by atoms with Crippen molar-refractivity contribution in [2.45, 2.75) is 45.2 Å². The standard InChI is InChI=1S/C18H28N2/c1-3-12-19-13-11-16-7-5-6-8-17(16)15-20(14-4-2)18-9-10-18/h4-8,18-19H,2-3,9-15H2,1H3. The monoisotopic (exact) mass is 272 g/mol. The van der Waals surface area contributed by atoms with Gasteiger partial charge < -0.3 is 5.32 Å². The Morgan fingerprint density at radius 3 is 2.65 bits per heavy atom. The molecule has 1 aliphatic carbocycles. The summed E-state index contributed by atoms with van der Waals surface area (Å²) < 4.78 is 0. The van der Waals surface area contributed by atoms with E-state index in [1.54, 1.807) is 0 Å². The van der Waals surface area contributed by atoms with Crippen LogP contribution in [0.2, 0.25) is 0 Å². The first-order valence-electron chi connectivity index (χ1n) is 7.97. The number of rotatable bonds is 10. The van der Waals surface area contributed by atoms with Gasteiger partial charge in [0.15, 0.2) is 0 Å². The first-order chi connectivity index (χ1) is 9.85. The molecule has 0 spiro atoms. The van der Waals surface area contributed by atoms with Crippen LogP contribution in [0.1, 0.15) is 37.3 Å². The van der Waals surface area contributed by atoms with E-state index in [2.05, 4.69) is 48.0 Å². The van der Waals surface area contributed by atoms with Gasteiger partial charge in [-0.2, -0.15) is 0 Å². The highest BCUT2D eigenvalue weighted by Gasteiger charge is 2.28. The smallest absolute Gasteiger partial charge is 0.0242 e. The Balaban J connectivity index is 1.93. The van der Waals surface area contributed by atoms with Crippen LogP contribution in [-0.4, -0.2) is 30.6 Å². The molecule has 0 unspecified atom stereocenters. The minimum absolute atomic E-state index is 0.791. The van der Waals surface area contributed by atoms with Crippen LogP contribution in [0.3, 0.4) is 0 Å². The van der Waals surface area contributed by atoms with Gasteiger partial charge in [-0.25, -0.2) is 0 Å². The lowest BCUT2D eigenvalue weighted by Gasteiger charge is -2.22. The first kappa shape index (κ1) is 15.3. The Bertz CT molecular complexity index is 410. The number of benzene rings is 1. The van der Waals surface area contributed by atoms with E-state index in [-0.39, 0.29) is 0 Å². The van der Waals surface area contributed by atoms with E-state index in [9.17, 15) is 0 Å². The van der Waals surface area contributed by atoms with Crippen molar-refractivity contribution in [3.63, 3.8) is 0 Å². The van der Waals surface area contributed by atoms with Gasteiger partial charge in [0.2, 0.25) is 0 Å². The van der Waals surface area contributed by atoms with Gasteiger partial charge in [-0.15, -0.1) is 6.58 Å². The molecule has 2 nitrogen and oxygen atoms in total. The summed E-state index contributed by atoms with van der Waals surface area (Å²) in [5, 5.41) is 3.49. The largest absolute Gasteiger partial charge is 0.316 e. The molecule has 1 fully saturated rings. The van der Waals surface area contributed by atoms with Crippen molar-refractivity contribution in [3.8, 4) is 0 Å². The van der Waals surface area contributed by atoms with Crippen LogP contribution < -0.4 is 5.32 Å². The average molecular weight is 272 g/mol. The molecule has 1 aliphatic rings. The van der Waals surface area contributed by atoms with Gasteiger partial charge >= 0.3 is 0 Å². The maximum absolute atomic E-state index is 3.89. The summed E-state index contributed by atoms with van der Waals surface area (Å²) in [6.45, 7) is 10.4. The van der Waals surface area contributed by atoms with Crippen molar-refractivity contribution in [2.24, 2.45) is 0 Å². The maximum atomic E-state index is 3.89. The predicted octanol–water partition coefficient (Wildman–Crippen LogP) is 3.38. The zero-order chi connectivity index (χ0) is 14.2. The van der Waals surface area contributed by atoms with Crippen molar-refractivity contribution in [1.29, 1.82) is 0 Å². The third-order valence-electron chi connectivity index (χ3n) is 3.92. The maximum Gasteiger partial charge on any atom is 0.0242 e. The Morgan fingerprint density at radius 2 is 2.00 bits per heavy atom. The molecule has 0 amide bonds. The number of nitrogens with one attached hydrogen (secondary N) is 1. The van der Waals surface area contributed by atoms with Crippen LogP contribution in [-0.2, 0) is 13.0 Å². The van der Waals surface area contributed by atoms with Crippen LogP contribution in [0.15, 0.2) is 36.9 Å². The van der Waals surface area contributed by atoms with Crippen molar-refractivity contribution in [1.82, 2.24) is 10.2 Å². The predicted molar refractivity (Wildman–Crippen MR) is 86.9 cm³/mol. The van der Waals surface area contributed by atoms with Gasteiger partial charge in [-0.3, -0.25) is 4.90 Å². The number of hydrogen-bond donors (Lipinski definition) is 1. The molecule has 1 aromatic carbocycles. The highest BCUT2D eigenvalue weighted by molar-refractivity contribution is 5.27. The molecule has 20 heavy (non-hydrogen) atoms. The highest BCUT2D eigenvalue weighted by Crippen LogP contribution is 2.28. The zero-order valence-electron chi connectivity index (χ0n) is 12.8. The minimum atomic E-state index is 0.791. The molecule has 0 aliphatic heterocycles. The van der Waals surface area contributed by atoms with E-state index in [1.807, 2.05) is 6.08 Å². The fraction of sp³-hybridized carbons (Fsp3) is 0.556. The Labute approximate surface area is 123 Å². The molecule has 0 saturated heterocycles. The molecular formula is C18H28N2. The molecule has 110 valence electrons. The van der Waals surface area contributed by atoms with Crippen molar-refractivity contribution in [3.05, 3.63) is 48.0 Å². The van der Waals surface area contributed by atoms with Gasteiger partial charge in [0.1, 0.15) is 0 Å². The fourth-order valence-electron chi connectivity index (χ4n) is 2.65. The second-order valence-corrected chi connectivity index (χ2v) is 5.72. The van der Waals surface area contributed by atoms with Gasteiger partial charge in [-0.1, -0.05) is 37.3 Å². The van der Waals surface area contributed by atoms with E-state index >= 15 is 0 Å². The summed E-state index contributed by atoms with van der Waals surface area (Å²) in [7, 11) is 0. The summed E-state index contributed by atoms with van der Waals surface area (Å²) in [5.74, 6) is 0. The van der Waals surface area contributed by atoms with Crippen molar-refractivity contribution < 1.29 is 0 Å². The SMILES string of the molecule is C=CCN(Cc1ccccc1CCNCCC)C1CC1. The zero-order valence-corrected chi connectivity index (χ0v) is 12.8. The lowest BCUT2D eigenvalue weighted by Crippen LogP contribution is -2.26. The summed E-state index contributed by atoms with van der Waals surface area (Å²) in [4.78, 5) is 2.56. The van der Waals surface area contributed by atoms with Crippen LogP contribution >= 0.6 is 0 Å². The lowest BCUT2D eigenvalue weighted by molar-refractivity contribution is 0.283. The van der Waals surface area contributed by atoms with Gasteiger partial charge in [-0.05, 0) is 49.9 Å².